The molecule has 0 saturated carbocycles. The molecule has 2 heterocycles. The summed E-state index contributed by atoms with van der Waals surface area (Å²) in [6.07, 6.45) is 9.04. The third-order valence-corrected chi connectivity index (χ3v) is 4.55. The van der Waals surface area contributed by atoms with E-state index in [0.717, 1.165) is 11.4 Å². The van der Waals surface area contributed by atoms with Gasteiger partial charge in [-0.15, -0.1) is 0 Å². The van der Waals surface area contributed by atoms with Crippen molar-refractivity contribution in [3.05, 3.63) is 53.6 Å². The summed E-state index contributed by atoms with van der Waals surface area (Å²) < 4.78 is 1.93. The molecule has 2 atom stereocenters. The molecule has 22 heavy (non-hydrogen) atoms. The predicted molar refractivity (Wildman–Crippen MR) is 90.2 cm³/mol. The molecule has 1 saturated heterocycles. The molecule has 0 N–H and O–H groups in total. The minimum Gasteiger partial charge on any atom is -0.289 e. The molecule has 1 fully saturated rings. The van der Waals surface area contributed by atoms with Crippen LogP contribution in [-0.4, -0.2) is 32.5 Å². The maximum Gasteiger partial charge on any atom is 0.166 e. The Bertz CT molecular complexity index is 640. The Labute approximate surface area is 136 Å². The van der Waals surface area contributed by atoms with Crippen molar-refractivity contribution < 1.29 is 0 Å². The molecule has 5 heteroatoms. The Morgan fingerprint density at radius 1 is 1.23 bits per heavy atom. The Morgan fingerprint density at radius 3 is 2.59 bits per heavy atom. The zero-order valence-corrected chi connectivity index (χ0v) is 13.7. The zero-order valence-electron chi connectivity index (χ0n) is 13.0. The minimum absolute atomic E-state index is 0.435. The predicted octanol–water partition coefficient (Wildman–Crippen LogP) is 4.01. The number of aromatic nitrogens is 2. The number of halogens is 1. The highest BCUT2D eigenvalue weighted by molar-refractivity contribution is 6.34. The summed E-state index contributed by atoms with van der Waals surface area (Å²) in [7, 11) is 0. The number of benzene rings is 1. The minimum atomic E-state index is 0.435. The van der Waals surface area contributed by atoms with Gasteiger partial charge in [-0.25, -0.2) is 4.98 Å². The van der Waals surface area contributed by atoms with Gasteiger partial charge in [0.2, 0.25) is 0 Å². The van der Waals surface area contributed by atoms with E-state index >= 15 is 0 Å². The lowest BCUT2D eigenvalue weighted by atomic mass is 10.00. The summed E-state index contributed by atoms with van der Waals surface area (Å²) in [5.74, 6) is 0.823. The summed E-state index contributed by atoms with van der Waals surface area (Å²) in [6, 6.07) is 8.68. The molecule has 0 spiro atoms. The molecule has 3 rings (SSSR count). The van der Waals surface area contributed by atoms with Crippen LogP contribution in [0.15, 0.2) is 48.1 Å². The number of rotatable bonds is 2. The van der Waals surface area contributed by atoms with E-state index < -0.39 is 0 Å². The second-order valence-corrected chi connectivity index (χ2v) is 6.29. The quantitative estimate of drug-likeness (QED) is 0.619. The van der Waals surface area contributed by atoms with E-state index in [4.69, 9.17) is 16.7 Å². The first-order valence-corrected chi connectivity index (χ1v) is 8.15. The molecule has 0 amide bonds. The van der Waals surface area contributed by atoms with E-state index in [1.807, 2.05) is 35.0 Å². The van der Waals surface area contributed by atoms with Crippen LogP contribution in [0, 0.1) is 0 Å². The summed E-state index contributed by atoms with van der Waals surface area (Å²) in [4.78, 5) is 4.15. The van der Waals surface area contributed by atoms with Gasteiger partial charge in [0, 0.05) is 30.0 Å². The fraction of sp³-hybridized carbons (Fsp3) is 0.412. The Balaban J connectivity index is 2.06. The lowest BCUT2D eigenvalue weighted by Crippen LogP contribution is -2.41. The molecular formula is C17H21ClN4. The van der Waals surface area contributed by atoms with E-state index in [2.05, 4.69) is 23.8 Å². The highest BCUT2D eigenvalue weighted by Gasteiger charge is 2.24. The van der Waals surface area contributed by atoms with Gasteiger partial charge >= 0.3 is 0 Å². The fourth-order valence-corrected chi connectivity index (χ4v) is 3.21. The van der Waals surface area contributed by atoms with Crippen LogP contribution in [0.25, 0.3) is 0 Å². The van der Waals surface area contributed by atoms with Crippen molar-refractivity contribution >= 4 is 17.4 Å². The highest BCUT2D eigenvalue weighted by atomic mass is 35.5. The van der Waals surface area contributed by atoms with Gasteiger partial charge in [0.25, 0.3) is 0 Å². The average Bonchev–Trinajstić information content (AvgIpc) is 3.02. The van der Waals surface area contributed by atoms with Crippen molar-refractivity contribution in [2.24, 2.45) is 5.10 Å². The van der Waals surface area contributed by atoms with Crippen LogP contribution in [0.3, 0.4) is 0 Å². The second kappa shape index (κ2) is 6.53. The zero-order chi connectivity index (χ0) is 15.5. The highest BCUT2D eigenvalue weighted by Crippen LogP contribution is 2.24. The van der Waals surface area contributed by atoms with E-state index in [-0.39, 0.29) is 0 Å². The van der Waals surface area contributed by atoms with Crippen LogP contribution in [0.2, 0.25) is 5.02 Å². The molecule has 1 aliphatic heterocycles. The maximum absolute atomic E-state index is 6.39. The lowest BCUT2D eigenvalue weighted by Gasteiger charge is -2.37. The standard InChI is InChI=1S/C17H21ClN4/c1-13-6-5-7-14(2)22(13)20-17(21-11-10-19-12-21)15-8-3-4-9-16(15)18/h3-4,8-14H,5-7H2,1-2H3/b20-17-. The van der Waals surface area contributed by atoms with Gasteiger partial charge in [-0.2, -0.15) is 5.10 Å². The number of hydrogen-bond acceptors (Lipinski definition) is 3. The number of hydrazone groups is 1. The fourth-order valence-electron chi connectivity index (χ4n) is 2.99. The van der Waals surface area contributed by atoms with Crippen LogP contribution in [0.1, 0.15) is 38.7 Å². The SMILES string of the molecule is CC1CCCC(C)N1/N=C(/c1ccccc1Cl)n1ccnc1. The summed E-state index contributed by atoms with van der Waals surface area (Å²) in [5, 5.41) is 7.87. The van der Waals surface area contributed by atoms with Crippen molar-refractivity contribution in [1.29, 1.82) is 0 Å². The lowest BCUT2D eigenvalue weighted by molar-refractivity contribution is 0.108. The number of piperidine rings is 1. The van der Waals surface area contributed by atoms with Crippen LogP contribution < -0.4 is 0 Å². The van der Waals surface area contributed by atoms with Crippen LogP contribution in [0.4, 0.5) is 0 Å². The average molecular weight is 317 g/mol. The van der Waals surface area contributed by atoms with Crippen molar-refractivity contribution in [3.63, 3.8) is 0 Å². The molecule has 0 aliphatic carbocycles. The number of imidazole rings is 1. The van der Waals surface area contributed by atoms with Crippen LogP contribution in [0.5, 0.6) is 0 Å². The molecule has 116 valence electrons. The van der Waals surface area contributed by atoms with Crippen molar-refractivity contribution in [1.82, 2.24) is 14.6 Å². The molecule has 1 aromatic heterocycles. The van der Waals surface area contributed by atoms with Gasteiger partial charge in [0.1, 0.15) is 6.33 Å². The third-order valence-electron chi connectivity index (χ3n) is 4.22. The van der Waals surface area contributed by atoms with Gasteiger partial charge in [0.05, 0.1) is 5.02 Å². The summed E-state index contributed by atoms with van der Waals surface area (Å²) in [6.45, 7) is 4.47. The molecule has 4 nitrogen and oxygen atoms in total. The first-order valence-electron chi connectivity index (χ1n) is 7.77. The third kappa shape index (κ3) is 3.02. The monoisotopic (exact) mass is 316 g/mol. The van der Waals surface area contributed by atoms with Crippen molar-refractivity contribution in [2.45, 2.75) is 45.2 Å². The second-order valence-electron chi connectivity index (χ2n) is 5.88. The number of hydrogen-bond donors (Lipinski definition) is 0. The van der Waals surface area contributed by atoms with Gasteiger partial charge in [-0.05, 0) is 45.2 Å². The van der Waals surface area contributed by atoms with E-state index in [9.17, 15) is 0 Å². The molecular weight excluding hydrogens is 296 g/mol. The van der Waals surface area contributed by atoms with Gasteiger partial charge < -0.3 is 0 Å². The largest absolute Gasteiger partial charge is 0.289 e. The summed E-state index contributed by atoms with van der Waals surface area (Å²) in [5.41, 5.74) is 0.923. The Hall–Kier alpha value is -1.81. The molecule has 0 radical (unpaired) electrons. The molecule has 2 unspecified atom stereocenters. The maximum atomic E-state index is 6.39. The van der Waals surface area contributed by atoms with Gasteiger partial charge in [-0.1, -0.05) is 23.7 Å². The van der Waals surface area contributed by atoms with E-state index in [0.29, 0.717) is 17.1 Å². The van der Waals surface area contributed by atoms with Gasteiger partial charge in [0.15, 0.2) is 5.84 Å². The van der Waals surface area contributed by atoms with E-state index in [1.165, 1.54) is 19.3 Å². The smallest absolute Gasteiger partial charge is 0.166 e. The summed E-state index contributed by atoms with van der Waals surface area (Å²) >= 11 is 6.39. The number of nitrogens with zero attached hydrogens (tertiary/aromatic N) is 4. The van der Waals surface area contributed by atoms with Gasteiger partial charge in [-0.3, -0.25) is 9.58 Å². The van der Waals surface area contributed by atoms with Crippen molar-refractivity contribution in [2.75, 3.05) is 0 Å². The van der Waals surface area contributed by atoms with E-state index in [1.54, 1.807) is 12.5 Å². The molecule has 0 bridgehead atoms. The topological polar surface area (TPSA) is 33.4 Å². The first-order chi connectivity index (χ1) is 10.7. The van der Waals surface area contributed by atoms with Crippen LogP contribution in [-0.2, 0) is 0 Å². The first kappa shape index (κ1) is 15.1. The Morgan fingerprint density at radius 2 is 1.95 bits per heavy atom. The molecule has 1 aromatic carbocycles. The Kier molecular flexibility index (Phi) is 4.48. The normalized spacial score (nSPS) is 22.9. The van der Waals surface area contributed by atoms with Crippen molar-refractivity contribution in [3.8, 4) is 0 Å². The molecule has 2 aromatic rings. The van der Waals surface area contributed by atoms with Crippen LogP contribution >= 0.6 is 11.6 Å². The molecule has 1 aliphatic rings.